The van der Waals surface area contributed by atoms with Crippen molar-refractivity contribution in [3.63, 3.8) is 0 Å². The second-order valence-electron chi connectivity index (χ2n) is 5.20. The van der Waals surface area contributed by atoms with Crippen LogP contribution in [0.2, 0.25) is 0 Å². The van der Waals surface area contributed by atoms with Gasteiger partial charge in [-0.25, -0.2) is 4.98 Å². The van der Waals surface area contributed by atoms with Crippen LogP contribution in [0, 0.1) is 0 Å². The third-order valence-electron chi connectivity index (χ3n) is 3.69. The maximum atomic E-state index is 4.06. The highest BCUT2D eigenvalue weighted by molar-refractivity contribution is 9.10. The molecule has 3 heteroatoms. The molecule has 0 atom stereocenters. The zero-order chi connectivity index (χ0) is 15.4. The maximum absolute atomic E-state index is 4.06. The van der Waals surface area contributed by atoms with E-state index in [0.717, 1.165) is 11.0 Å². The number of nitrogens with zero attached hydrogens (tertiary/aromatic N) is 2. The molecular weight excluding hydrogens is 336 g/mol. The Morgan fingerprint density at radius 1 is 1.14 bits per heavy atom. The summed E-state index contributed by atoms with van der Waals surface area (Å²) in [5.41, 5.74) is 4.95. The van der Waals surface area contributed by atoms with Gasteiger partial charge < -0.3 is 4.57 Å². The van der Waals surface area contributed by atoms with E-state index in [1.165, 1.54) is 22.3 Å². The second-order valence-corrected chi connectivity index (χ2v) is 6.06. The van der Waals surface area contributed by atoms with Gasteiger partial charge in [-0.2, -0.15) is 0 Å². The van der Waals surface area contributed by atoms with Gasteiger partial charge in [-0.3, -0.25) is 0 Å². The van der Waals surface area contributed by atoms with E-state index in [-0.39, 0.29) is 0 Å². The van der Waals surface area contributed by atoms with E-state index < -0.39 is 0 Å². The van der Waals surface area contributed by atoms with Crippen molar-refractivity contribution in [3.05, 3.63) is 83.4 Å². The zero-order valence-electron chi connectivity index (χ0n) is 12.4. The minimum Gasteiger partial charge on any atom is -0.334 e. The third kappa shape index (κ3) is 3.37. The minimum atomic E-state index is 0.845. The molecule has 0 unspecified atom stereocenters. The topological polar surface area (TPSA) is 17.8 Å². The van der Waals surface area contributed by atoms with E-state index in [2.05, 4.69) is 80.9 Å². The van der Waals surface area contributed by atoms with Crippen LogP contribution in [0.25, 0.3) is 16.7 Å². The molecule has 0 aliphatic carbocycles. The van der Waals surface area contributed by atoms with Gasteiger partial charge in [0.1, 0.15) is 0 Å². The predicted octanol–water partition coefficient (Wildman–Crippen LogP) is 5.42. The molecule has 1 heterocycles. The first-order valence-corrected chi connectivity index (χ1v) is 8.01. The normalized spacial score (nSPS) is 11.6. The summed E-state index contributed by atoms with van der Waals surface area (Å²) in [6, 6.07) is 17.0. The van der Waals surface area contributed by atoms with Crippen molar-refractivity contribution in [2.24, 2.45) is 0 Å². The summed E-state index contributed by atoms with van der Waals surface area (Å²) in [5.74, 6) is 0. The molecular formula is C19H17BrN2. The van der Waals surface area contributed by atoms with E-state index in [1.54, 1.807) is 6.20 Å². The summed E-state index contributed by atoms with van der Waals surface area (Å²) in [6.07, 6.45) is 7.82. The van der Waals surface area contributed by atoms with Crippen LogP contribution in [0.1, 0.15) is 12.5 Å². The van der Waals surface area contributed by atoms with E-state index in [4.69, 9.17) is 0 Å². The first-order valence-electron chi connectivity index (χ1n) is 7.22. The summed E-state index contributed by atoms with van der Waals surface area (Å²) in [4.78, 5) is 4.06. The molecule has 0 aliphatic heterocycles. The molecule has 110 valence electrons. The lowest BCUT2D eigenvalue weighted by Gasteiger charge is -2.07. The number of aromatic nitrogens is 2. The number of hydrogen-bond donors (Lipinski definition) is 0. The van der Waals surface area contributed by atoms with Gasteiger partial charge in [0.15, 0.2) is 0 Å². The molecule has 0 bridgehead atoms. The Kier molecular flexibility index (Phi) is 4.54. The lowest BCUT2D eigenvalue weighted by atomic mass is 10.0. The molecule has 0 aliphatic rings. The Morgan fingerprint density at radius 2 is 1.91 bits per heavy atom. The van der Waals surface area contributed by atoms with Crippen LogP contribution < -0.4 is 0 Å². The number of benzene rings is 2. The van der Waals surface area contributed by atoms with Crippen LogP contribution in [0.5, 0.6) is 0 Å². The van der Waals surface area contributed by atoms with Gasteiger partial charge in [-0.1, -0.05) is 64.5 Å². The monoisotopic (exact) mass is 352 g/mol. The first kappa shape index (κ1) is 14.8. The smallest absolute Gasteiger partial charge is 0.0948 e. The van der Waals surface area contributed by atoms with E-state index in [0.29, 0.717) is 0 Å². The number of rotatable bonds is 4. The number of halogens is 1. The molecule has 0 spiro atoms. The fourth-order valence-electron chi connectivity index (χ4n) is 2.36. The van der Waals surface area contributed by atoms with E-state index in [9.17, 15) is 0 Å². The van der Waals surface area contributed by atoms with Crippen molar-refractivity contribution in [3.8, 4) is 11.1 Å². The van der Waals surface area contributed by atoms with Crippen molar-refractivity contribution in [2.45, 2.75) is 13.5 Å². The molecule has 2 nitrogen and oxygen atoms in total. The molecule has 0 amide bonds. The fourth-order valence-corrected chi connectivity index (χ4v) is 2.88. The van der Waals surface area contributed by atoms with Gasteiger partial charge in [0, 0.05) is 23.4 Å². The molecule has 0 saturated heterocycles. The SMILES string of the molecule is C/C(=C/Cn1ccnc1)c1ccc(-c2ccccc2Br)cc1. The van der Waals surface area contributed by atoms with Gasteiger partial charge in [-0.15, -0.1) is 0 Å². The lowest BCUT2D eigenvalue weighted by Crippen LogP contribution is -1.91. The molecule has 0 N–H and O–H groups in total. The highest BCUT2D eigenvalue weighted by Gasteiger charge is 2.02. The molecule has 22 heavy (non-hydrogen) atoms. The van der Waals surface area contributed by atoms with Crippen molar-refractivity contribution < 1.29 is 0 Å². The van der Waals surface area contributed by atoms with Gasteiger partial charge in [0.2, 0.25) is 0 Å². The van der Waals surface area contributed by atoms with Crippen LogP contribution >= 0.6 is 15.9 Å². The Morgan fingerprint density at radius 3 is 2.59 bits per heavy atom. The van der Waals surface area contributed by atoms with Crippen molar-refractivity contribution >= 4 is 21.5 Å². The quantitative estimate of drug-likeness (QED) is 0.613. The zero-order valence-corrected chi connectivity index (χ0v) is 14.0. The number of imidazole rings is 1. The number of hydrogen-bond acceptors (Lipinski definition) is 1. The van der Waals surface area contributed by atoms with Crippen molar-refractivity contribution in [1.29, 1.82) is 0 Å². The fraction of sp³-hybridized carbons (Fsp3) is 0.105. The Labute approximate surface area is 139 Å². The van der Waals surface area contributed by atoms with Gasteiger partial charge in [0.05, 0.1) is 6.33 Å². The largest absolute Gasteiger partial charge is 0.334 e. The molecule has 0 saturated carbocycles. The van der Waals surface area contributed by atoms with Crippen LogP contribution in [-0.4, -0.2) is 9.55 Å². The van der Waals surface area contributed by atoms with Crippen molar-refractivity contribution in [2.75, 3.05) is 0 Å². The van der Waals surface area contributed by atoms with Crippen LogP contribution in [0.4, 0.5) is 0 Å². The first-order chi connectivity index (χ1) is 10.7. The highest BCUT2D eigenvalue weighted by Crippen LogP contribution is 2.28. The summed E-state index contributed by atoms with van der Waals surface area (Å²) < 4.78 is 3.17. The standard InChI is InChI=1S/C19H17BrN2/c1-15(10-12-22-13-11-21-14-22)16-6-8-17(9-7-16)18-4-2-3-5-19(18)20/h2-11,13-14H,12H2,1H3/b15-10-. The van der Waals surface area contributed by atoms with Gasteiger partial charge in [-0.05, 0) is 35.3 Å². The Bertz CT molecular complexity index is 771. The molecule has 3 aromatic rings. The van der Waals surface area contributed by atoms with Gasteiger partial charge in [0.25, 0.3) is 0 Å². The van der Waals surface area contributed by atoms with Crippen LogP contribution in [-0.2, 0) is 6.54 Å². The summed E-state index contributed by atoms with van der Waals surface area (Å²) in [7, 11) is 0. The van der Waals surface area contributed by atoms with Crippen LogP contribution in [0.3, 0.4) is 0 Å². The molecule has 0 radical (unpaired) electrons. The van der Waals surface area contributed by atoms with E-state index in [1.807, 2.05) is 18.6 Å². The predicted molar refractivity (Wildman–Crippen MR) is 95.5 cm³/mol. The van der Waals surface area contributed by atoms with Gasteiger partial charge >= 0.3 is 0 Å². The van der Waals surface area contributed by atoms with Crippen molar-refractivity contribution in [1.82, 2.24) is 9.55 Å². The Balaban J connectivity index is 1.79. The molecule has 2 aromatic carbocycles. The van der Waals surface area contributed by atoms with Crippen LogP contribution in [0.15, 0.2) is 77.8 Å². The lowest BCUT2D eigenvalue weighted by molar-refractivity contribution is 0.821. The molecule has 0 fully saturated rings. The van der Waals surface area contributed by atoms with E-state index >= 15 is 0 Å². The molecule has 1 aromatic heterocycles. The minimum absolute atomic E-state index is 0.845. The maximum Gasteiger partial charge on any atom is 0.0948 e. The number of allylic oxidation sites excluding steroid dienone is 2. The average Bonchev–Trinajstić information content (AvgIpc) is 3.07. The Hall–Kier alpha value is -2.13. The highest BCUT2D eigenvalue weighted by atomic mass is 79.9. The average molecular weight is 353 g/mol. The molecule has 3 rings (SSSR count). The second kappa shape index (κ2) is 6.75. The summed E-state index contributed by atoms with van der Waals surface area (Å²) in [5, 5.41) is 0. The summed E-state index contributed by atoms with van der Waals surface area (Å²) in [6.45, 7) is 2.99. The third-order valence-corrected chi connectivity index (χ3v) is 4.38. The summed E-state index contributed by atoms with van der Waals surface area (Å²) >= 11 is 3.61.